The summed E-state index contributed by atoms with van der Waals surface area (Å²) in [7, 11) is -1.19. The molecule has 0 bridgehead atoms. The monoisotopic (exact) mass is 341 g/mol. The molecule has 1 unspecified atom stereocenters. The first-order valence-electron chi connectivity index (χ1n) is 6.84. The highest BCUT2D eigenvalue weighted by Crippen LogP contribution is 2.23. The Morgan fingerprint density at radius 2 is 1.96 bits per heavy atom. The molecule has 6 nitrogen and oxygen atoms in total. The van der Waals surface area contributed by atoms with Crippen LogP contribution >= 0.6 is 11.3 Å². The highest BCUT2D eigenvalue weighted by atomic mass is 32.2. The molecule has 0 aliphatic heterocycles. The first-order chi connectivity index (χ1) is 11.3. The number of aromatic nitrogens is 5. The maximum absolute atomic E-state index is 12.4. The van der Waals surface area contributed by atoms with E-state index in [0.29, 0.717) is 15.1 Å². The van der Waals surface area contributed by atoms with Crippen LogP contribution in [-0.2, 0) is 16.6 Å². The van der Waals surface area contributed by atoms with Crippen molar-refractivity contribution in [2.24, 2.45) is 0 Å². The van der Waals surface area contributed by atoms with Crippen molar-refractivity contribution in [3.8, 4) is 11.4 Å². The van der Waals surface area contributed by atoms with Crippen LogP contribution < -0.4 is 0 Å². The molecule has 4 aromatic rings. The molecule has 0 spiro atoms. The fourth-order valence-corrected chi connectivity index (χ4v) is 4.29. The lowest BCUT2D eigenvalue weighted by molar-refractivity contribution is 0.680. The second-order valence-electron chi connectivity index (χ2n) is 4.78. The number of imidazole rings is 1. The van der Waals surface area contributed by atoms with Crippen LogP contribution in [0.15, 0.2) is 59.5 Å². The average molecular weight is 341 g/mol. The molecule has 0 saturated heterocycles. The van der Waals surface area contributed by atoms with Crippen LogP contribution in [0, 0.1) is 0 Å². The smallest absolute Gasteiger partial charge is 0.213 e. The molecule has 0 aliphatic rings. The fraction of sp³-hybridized carbons (Fsp3) is 0.0667. The largest absolute Gasteiger partial charge is 0.265 e. The van der Waals surface area contributed by atoms with E-state index in [9.17, 15) is 4.21 Å². The van der Waals surface area contributed by atoms with Gasteiger partial charge in [0.25, 0.3) is 0 Å². The van der Waals surface area contributed by atoms with Crippen molar-refractivity contribution in [2.75, 3.05) is 0 Å². The van der Waals surface area contributed by atoms with Crippen LogP contribution in [-0.4, -0.2) is 28.8 Å². The Morgan fingerprint density at radius 1 is 1.09 bits per heavy atom. The maximum atomic E-state index is 12.4. The van der Waals surface area contributed by atoms with Crippen molar-refractivity contribution in [3.05, 3.63) is 60.7 Å². The summed E-state index contributed by atoms with van der Waals surface area (Å²) in [5, 5.41) is 4.38. The predicted molar refractivity (Wildman–Crippen MR) is 88.4 cm³/mol. The van der Waals surface area contributed by atoms with Crippen molar-refractivity contribution in [1.29, 1.82) is 0 Å². The molecule has 114 valence electrons. The zero-order valence-corrected chi connectivity index (χ0v) is 13.5. The van der Waals surface area contributed by atoms with Crippen molar-refractivity contribution >= 4 is 27.1 Å². The third-order valence-electron chi connectivity index (χ3n) is 3.19. The summed E-state index contributed by atoms with van der Waals surface area (Å²) in [4.78, 5) is 13.4. The van der Waals surface area contributed by atoms with Gasteiger partial charge in [-0.1, -0.05) is 17.4 Å². The second kappa shape index (κ2) is 5.98. The van der Waals surface area contributed by atoms with E-state index < -0.39 is 10.8 Å². The van der Waals surface area contributed by atoms with Crippen LogP contribution in [0.1, 0.15) is 5.56 Å². The molecule has 8 heteroatoms. The molecule has 23 heavy (non-hydrogen) atoms. The molecule has 0 radical (unpaired) electrons. The Kier molecular flexibility index (Phi) is 3.68. The van der Waals surface area contributed by atoms with Crippen LogP contribution in [0.5, 0.6) is 0 Å². The standard InChI is InChI=1S/C15H11N5OS2/c21-23(10-11-4-7-16-8-5-11)15-19-20-9-13(18-14(20)22-15)12-3-1-2-6-17-12/h1-9H,10H2. The van der Waals surface area contributed by atoms with Crippen molar-refractivity contribution < 1.29 is 4.21 Å². The number of rotatable bonds is 4. The van der Waals surface area contributed by atoms with Gasteiger partial charge < -0.3 is 0 Å². The van der Waals surface area contributed by atoms with Crippen molar-refractivity contribution in [1.82, 2.24) is 24.6 Å². The predicted octanol–water partition coefficient (Wildman–Crippen LogP) is 2.56. The summed E-state index contributed by atoms with van der Waals surface area (Å²) in [6, 6.07) is 9.39. The molecule has 0 aliphatic carbocycles. The minimum atomic E-state index is -1.19. The quantitative estimate of drug-likeness (QED) is 0.570. The summed E-state index contributed by atoms with van der Waals surface area (Å²) in [5.74, 6) is 0.423. The van der Waals surface area contributed by atoms with Crippen molar-refractivity contribution in [2.45, 2.75) is 10.1 Å². The van der Waals surface area contributed by atoms with Gasteiger partial charge in [0.15, 0.2) is 0 Å². The van der Waals surface area contributed by atoms with Gasteiger partial charge in [0, 0.05) is 18.6 Å². The lowest BCUT2D eigenvalue weighted by Gasteiger charge is -1.97. The SMILES string of the molecule is O=S(Cc1ccncc1)c1nn2cc(-c3ccccn3)nc2s1. The van der Waals surface area contributed by atoms with E-state index in [4.69, 9.17) is 0 Å². The highest BCUT2D eigenvalue weighted by Gasteiger charge is 2.15. The molecule has 0 fully saturated rings. The Balaban J connectivity index is 1.60. The van der Waals surface area contributed by atoms with Gasteiger partial charge in [0.05, 0.1) is 28.4 Å². The number of pyridine rings is 2. The number of hydrogen-bond donors (Lipinski definition) is 0. The Labute approximate surface area is 138 Å². The highest BCUT2D eigenvalue weighted by molar-refractivity contribution is 7.86. The maximum Gasteiger partial charge on any atom is 0.213 e. The summed E-state index contributed by atoms with van der Waals surface area (Å²) in [6.45, 7) is 0. The van der Waals surface area contributed by atoms with Gasteiger partial charge in [-0.25, -0.2) is 9.50 Å². The normalized spacial score (nSPS) is 12.5. The van der Waals surface area contributed by atoms with E-state index in [1.54, 1.807) is 29.3 Å². The molecule has 0 aromatic carbocycles. The number of hydrogen-bond acceptors (Lipinski definition) is 6. The molecule has 4 rings (SSSR count). The van der Waals surface area contributed by atoms with Gasteiger partial charge in [-0.2, -0.15) is 0 Å². The first kappa shape index (κ1) is 14.2. The van der Waals surface area contributed by atoms with Gasteiger partial charge in [-0.3, -0.25) is 14.2 Å². The van der Waals surface area contributed by atoms with Crippen LogP contribution in [0.3, 0.4) is 0 Å². The summed E-state index contributed by atoms with van der Waals surface area (Å²) in [5.41, 5.74) is 2.53. The van der Waals surface area contributed by atoms with Gasteiger partial charge in [0.2, 0.25) is 9.30 Å². The lowest BCUT2D eigenvalue weighted by atomic mass is 10.3. The van der Waals surface area contributed by atoms with E-state index in [1.165, 1.54) is 11.3 Å². The van der Waals surface area contributed by atoms with E-state index in [2.05, 4.69) is 20.1 Å². The molecule has 4 heterocycles. The third-order valence-corrected chi connectivity index (χ3v) is 5.79. The zero-order chi connectivity index (χ0) is 15.6. The summed E-state index contributed by atoms with van der Waals surface area (Å²) < 4.78 is 14.6. The Bertz CT molecular complexity index is 934. The first-order valence-corrected chi connectivity index (χ1v) is 8.98. The van der Waals surface area contributed by atoms with Gasteiger partial charge in [-0.05, 0) is 29.8 Å². The van der Waals surface area contributed by atoms with Gasteiger partial charge >= 0.3 is 0 Å². The molecule has 4 aromatic heterocycles. The van der Waals surface area contributed by atoms with E-state index >= 15 is 0 Å². The van der Waals surface area contributed by atoms with Gasteiger partial charge in [0.1, 0.15) is 5.69 Å². The summed E-state index contributed by atoms with van der Waals surface area (Å²) >= 11 is 1.34. The lowest BCUT2D eigenvalue weighted by Crippen LogP contribution is -1.97. The van der Waals surface area contributed by atoms with Crippen LogP contribution in [0.4, 0.5) is 0 Å². The molecule has 0 N–H and O–H groups in total. The molecule has 0 amide bonds. The Hall–Kier alpha value is -2.45. The molecule has 0 saturated carbocycles. The summed E-state index contributed by atoms with van der Waals surface area (Å²) in [6.07, 6.45) is 6.92. The number of nitrogens with zero attached hydrogens (tertiary/aromatic N) is 5. The van der Waals surface area contributed by atoms with E-state index in [-0.39, 0.29) is 0 Å². The average Bonchev–Trinajstić information content (AvgIpc) is 3.15. The minimum Gasteiger partial charge on any atom is -0.265 e. The van der Waals surface area contributed by atoms with E-state index in [0.717, 1.165) is 17.0 Å². The molecular formula is C15H11N5OS2. The number of fused-ring (bicyclic) bond motifs is 1. The minimum absolute atomic E-state index is 0.423. The van der Waals surface area contributed by atoms with Crippen LogP contribution in [0.25, 0.3) is 16.3 Å². The van der Waals surface area contributed by atoms with Gasteiger partial charge in [-0.15, -0.1) is 5.10 Å². The van der Waals surface area contributed by atoms with Crippen molar-refractivity contribution in [3.63, 3.8) is 0 Å². The van der Waals surface area contributed by atoms with Crippen LogP contribution in [0.2, 0.25) is 0 Å². The third kappa shape index (κ3) is 2.90. The van der Waals surface area contributed by atoms with E-state index in [1.807, 2.05) is 30.3 Å². The molecule has 1 atom stereocenters. The molecular weight excluding hydrogens is 330 g/mol. The Morgan fingerprint density at radius 3 is 2.70 bits per heavy atom. The zero-order valence-electron chi connectivity index (χ0n) is 11.9. The topological polar surface area (TPSA) is 73.0 Å². The fourth-order valence-electron chi connectivity index (χ4n) is 2.10. The second-order valence-corrected chi connectivity index (χ2v) is 7.36.